The Morgan fingerprint density at radius 1 is 0.526 bits per heavy atom. The third kappa shape index (κ3) is 4.49. The second-order valence-electron chi connectivity index (χ2n) is 12.2. The van der Waals surface area contributed by atoms with Crippen LogP contribution in [0.5, 0.6) is 0 Å². The van der Waals surface area contributed by atoms with E-state index in [1.54, 1.807) is 0 Å². The molecular formula is C36H44N2. The summed E-state index contributed by atoms with van der Waals surface area (Å²) in [5.41, 5.74) is 11.2. The van der Waals surface area contributed by atoms with Gasteiger partial charge in [-0.25, -0.2) is 0 Å². The van der Waals surface area contributed by atoms with Crippen LogP contribution in [0.2, 0.25) is 0 Å². The molecule has 0 radical (unpaired) electrons. The topological polar surface area (TPSA) is 6.48 Å². The van der Waals surface area contributed by atoms with E-state index in [9.17, 15) is 0 Å². The van der Waals surface area contributed by atoms with E-state index in [1.807, 2.05) is 0 Å². The van der Waals surface area contributed by atoms with Crippen LogP contribution in [0.3, 0.4) is 0 Å². The molecule has 0 saturated heterocycles. The van der Waals surface area contributed by atoms with Gasteiger partial charge in [0.25, 0.3) is 0 Å². The molecule has 0 fully saturated rings. The number of hydrogen-bond donors (Lipinski definition) is 0. The van der Waals surface area contributed by atoms with Gasteiger partial charge >= 0.3 is 0 Å². The van der Waals surface area contributed by atoms with E-state index < -0.39 is 0 Å². The normalized spacial score (nSPS) is 17.2. The summed E-state index contributed by atoms with van der Waals surface area (Å²) in [7, 11) is 0. The van der Waals surface area contributed by atoms with Crippen LogP contribution in [-0.4, -0.2) is 6.17 Å². The van der Waals surface area contributed by atoms with Crippen molar-refractivity contribution >= 4 is 17.5 Å². The Kier molecular flexibility index (Phi) is 7.27. The molecule has 1 atom stereocenters. The molecule has 198 valence electrons. The fraction of sp³-hybridized carbons (Fsp3) is 0.389. The van der Waals surface area contributed by atoms with Gasteiger partial charge in [-0.05, 0) is 57.1 Å². The molecule has 1 heterocycles. The van der Waals surface area contributed by atoms with Crippen molar-refractivity contribution in [2.75, 3.05) is 9.80 Å². The summed E-state index contributed by atoms with van der Waals surface area (Å²) in [5.74, 6) is 2.00. The van der Waals surface area contributed by atoms with Crippen LogP contribution < -0.4 is 9.80 Å². The Balaban J connectivity index is 1.76. The van der Waals surface area contributed by atoms with Crippen molar-refractivity contribution in [2.24, 2.45) is 0 Å². The fourth-order valence-corrected chi connectivity index (χ4v) is 6.37. The van der Waals surface area contributed by atoms with Gasteiger partial charge in [0.1, 0.15) is 6.17 Å². The maximum Gasteiger partial charge on any atom is 0.120 e. The lowest BCUT2D eigenvalue weighted by atomic mass is 9.88. The van der Waals surface area contributed by atoms with Crippen LogP contribution in [0.15, 0.2) is 79.1 Å². The van der Waals surface area contributed by atoms with Gasteiger partial charge in [-0.3, -0.25) is 0 Å². The molecule has 1 aliphatic carbocycles. The molecule has 2 aliphatic rings. The number of fused-ring (bicyclic) bond motifs is 1. The molecule has 5 rings (SSSR count). The largest absolute Gasteiger partial charge is 0.324 e. The standard InChI is InChI=1S/C36H44N2/c1-23(2)28-15-11-16-29(24(3)4)34(28)37-21-22-38(35-30(25(5)6)17-12-18-31(35)26(7)8)36(37)33-20-19-27-13-9-10-14-32(27)33/h9-26,33,36H,1-8H3. The third-order valence-corrected chi connectivity index (χ3v) is 8.32. The van der Waals surface area contributed by atoms with Gasteiger partial charge in [0.2, 0.25) is 0 Å². The molecule has 0 bridgehead atoms. The highest BCUT2D eigenvalue weighted by atomic mass is 15.4. The predicted molar refractivity (Wildman–Crippen MR) is 165 cm³/mol. The average molecular weight is 505 g/mol. The number of rotatable bonds is 7. The molecule has 1 unspecified atom stereocenters. The van der Waals surface area contributed by atoms with Crippen LogP contribution in [0, 0.1) is 0 Å². The van der Waals surface area contributed by atoms with E-state index in [0.717, 1.165) is 0 Å². The first kappa shape index (κ1) is 26.4. The minimum atomic E-state index is 0.115. The van der Waals surface area contributed by atoms with Crippen molar-refractivity contribution in [1.82, 2.24) is 0 Å². The molecule has 0 N–H and O–H groups in total. The first-order chi connectivity index (χ1) is 18.2. The van der Waals surface area contributed by atoms with Gasteiger partial charge in [-0.15, -0.1) is 0 Å². The molecule has 0 amide bonds. The number of nitrogens with zero attached hydrogens (tertiary/aromatic N) is 2. The molecule has 0 spiro atoms. The zero-order valence-electron chi connectivity index (χ0n) is 24.4. The average Bonchev–Trinajstić information content (AvgIpc) is 3.51. The van der Waals surface area contributed by atoms with Crippen LogP contribution in [0.25, 0.3) is 6.08 Å². The van der Waals surface area contributed by atoms with Crippen molar-refractivity contribution < 1.29 is 0 Å². The SMILES string of the molecule is CC(C)c1cccc(C(C)C)c1N1C=CN(c2c(C(C)C)cccc2C(C)C)C1C1C=Cc2ccccc21. The Bertz CT molecular complexity index is 1230. The third-order valence-electron chi connectivity index (χ3n) is 8.32. The number of benzene rings is 3. The van der Waals surface area contributed by atoms with Crippen molar-refractivity contribution in [1.29, 1.82) is 0 Å². The molecule has 3 aromatic carbocycles. The summed E-state index contributed by atoms with van der Waals surface area (Å²) < 4.78 is 0. The predicted octanol–water partition coefficient (Wildman–Crippen LogP) is 10.1. The summed E-state index contributed by atoms with van der Waals surface area (Å²) in [4.78, 5) is 5.20. The lowest BCUT2D eigenvalue weighted by Gasteiger charge is -2.41. The van der Waals surface area contributed by atoms with Crippen LogP contribution >= 0.6 is 0 Å². The van der Waals surface area contributed by atoms with E-state index in [2.05, 4.69) is 150 Å². The van der Waals surface area contributed by atoms with Crippen molar-refractivity contribution in [3.8, 4) is 0 Å². The Hall–Kier alpha value is -3.26. The van der Waals surface area contributed by atoms with E-state index in [1.165, 1.54) is 44.8 Å². The molecule has 0 aromatic heterocycles. The summed E-state index contributed by atoms with van der Waals surface area (Å²) in [6, 6.07) is 22.8. The molecule has 38 heavy (non-hydrogen) atoms. The highest BCUT2D eigenvalue weighted by Crippen LogP contribution is 2.48. The van der Waals surface area contributed by atoms with Gasteiger partial charge in [0.05, 0.1) is 0 Å². The van der Waals surface area contributed by atoms with Crippen molar-refractivity contribution in [3.63, 3.8) is 0 Å². The van der Waals surface area contributed by atoms with Crippen LogP contribution in [0.4, 0.5) is 11.4 Å². The van der Waals surface area contributed by atoms with Gasteiger partial charge in [-0.2, -0.15) is 0 Å². The summed E-state index contributed by atoms with van der Waals surface area (Å²) in [6.45, 7) is 18.6. The van der Waals surface area contributed by atoms with Gasteiger partial charge in [0, 0.05) is 29.7 Å². The fourth-order valence-electron chi connectivity index (χ4n) is 6.37. The first-order valence-corrected chi connectivity index (χ1v) is 14.5. The maximum atomic E-state index is 2.60. The Morgan fingerprint density at radius 2 is 0.947 bits per heavy atom. The molecule has 3 aromatic rings. The molecule has 2 heteroatoms. The highest BCUT2D eigenvalue weighted by Gasteiger charge is 2.40. The van der Waals surface area contributed by atoms with E-state index in [-0.39, 0.29) is 12.1 Å². The minimum Gasteiger partial charge on any atom is -0.324 e. The van der Waals surface area contributed by atoms with Crippen molar-refractivity contribution in [2.45, 2.75) is 91.1 Å². The summed E-state index contributed by atoms with van der Waals surface area (Å²) in [6.07, 6.45) is 9.58. The molecule has 2 nitrogen and oxygen atoms in total. The second kappa shape index (κ2) is 10.5. The smallest absolute Gasteiger partial charge is 0.120 e. The molecule has 1 aliphatic heterocycles. The zero-order valence-corrected chi connectivity index (χ0v) is 24.4. The monoisotopic (exact) mass is 504 g/mol. The van der Waals surface area contributed by atoms with Gasteiger partial charge < -0.3 is 9.80 Å². The van der Waals surface area contributed by atoms with E-state index >= 15 is 0 Å². The van der Waals surface area contributed by atoms with Gasteiger partial charge in [0.15, 0.2) is 0 Å². The van der Waals surface area contributed by atoms with Gasteiger partial charge in [-0.1, -0.05) is 128 Å². The van der Waals surface area contributed by atoms with E-state index in [0.29, 0.717) is 23.7 Å². The zero-order chi connectivity index (χ0) is 27.1. The van der Waals surface area contributed by atoms with Crippen LogP contribution in [0.1, 0.15) is 118 Å². The van der Waals surface area contributed by atoms with Crippen LogP contribution in [-0.2, 0) is 0 Å². The minimum absolute atomic E-state index is 0.115. The Labute approximate surface area is 230 Å². The summed E-state index contributed by atoms with van der Waals surface area (Å²) in [5, 5.41) is 0. The summed E-state index contributed by atoms with van der Waals surface area (Å²) >= 11 is 0. The maximum absolute atomic E-state index is 2.60. The Morgan fingerprint density at radius 3 is 1.37 bits per heavy atom. The lowest BCUT2D eigenvalue weighted by Crippen LogP contribution is -2.44. The highest BCUT2D eigenvalue weighted by molar-refractivity contribution is 5.75. The quantitative estimate of drug-likeness (QED) is 0.316. The number of para-hydroxylation sites is 2. The lowest BCUT2D eigenvalue weighted by molar-refractivity contribution is 0.609. The second-order valence-corrected chi connectivity index (χ2v) is 12.2. The van der Waals surface area contributed by atoms with E-state index in [4.69, 9.17) is 0 Å². The number of hydrogen-bond acceptors (Lipinski definition) is 2. The first-order valence-electron chi connectivity index (χ1n) is 14.5. The molecule has 0 saturated carbocycles. The van der Waals surface area contributed by atoms with Crippen molar-refractivity contribution in [3.05, 3.63) is 113 Å². The number of anilines is 2. The molecular weight excluding hydrogens is 460 g/mol.